The predicted molar refractivity (Wildman–Crippen MR) is 123 cm³/mol. The Kier molecular flexibility index (Phi) is 11.4. The van der Waals surface area contributed by atoms with Gasteiger partial charge in [-0.25, -0.2) is 0 Å². The zero-order valence-corrected chi connectivity index (χ0v) is 18.8. The first-order chi connectivity index (χ1) is 13.8. The first-order valence-electron chi connectivity index (χ1n) is 12.2. The molecule has 2 rings (SSSR count). The van der Waals surface area contributed by atoms with Crippen LogP contribution in [-0.4, -0.2) is 6.61 Å². The standard InChI is InChI=1S/C27H44O/c1-4-7-10-16-24(13-6-3)27(22-23-14-11-9-12-15-23)25-17-19-26(20-18-25)28-21-8-5-2/h14,17-20,24,27H,4-13,15-16,21-22H2,1-3H3. The van der Waals surface area contributed by atoms with E-state index in [9.17, 15) is 0 Å². The molecule has 1 aliphatic rings. The summed E-state index contributed by atoms with van der Waals surface area (Å²) in [7, 11) is 0. The molecule has 0 radical (unpaired) electrons. The van der Waals surface area contributed by atoms with E-state index < -0.39 is 0 Å². The minimum absolute atomic E-state index is 0.672. The second kappa shape index (κ2) is 13.9. The second-order valence-electron chi connectivity index (χ2n) is 8.73. The van der Waals surface area contributed by atoms with Gasteiger partial charge in [-0.05, 0) is 74.5 Å². The molecular weight excluding hydrogens is 340 g/mol. The van der Waals surface area contributed by atoms with Gasteiger partial charge in [0.05, 0.1) is 6.61 Å². The molecule has 1 nitrogen and oxygen atoms in total. The number of hydrogen-bond acceptors (Lipinski definition) is 1. The van der Waals surface area contributed by atoms with Crippen molar-refractivity contribution < 1.29 is 4.74 Å². The predicted octanol–water partition coefficient (Wildman–Crippen LogP) is 8.84. The molecule has 0 fully saturated rings. The summed E-state index contributed by atoms with van der Waals surface area (Å²) in [6.07, 6.45) is 19.6. The van der Waals surface area contributed by atoms with Crippen molar-refractivity contribution in [3.63, 3.8) is 0 Å². The molecule has 0 aliphatic heterocycles. The zero-order valence-electron chi connectivity index (χ0n) is 18.8. The van der Waals surface area contributed by atoms with E-state index in [4.69, 9.17) is 4.74 Å². The highest BCUT2D eigenvalue weighted by Gasteiger charge is 2.24. The smallest absolute Gasteiger partial charge is 0.119 e. The van der Waals surface area contributed by atoms with Crippen molar-refractivity contribution in [2.45, 2.75) is 110 Å². The summed E-state index contributed by atoms with van der Waals surface area (Å²) in [6.45, 7) is 7.72. The Balaban J connectivity index is 2.14. The molecule has 1 heteroatoms. The van der Waals surface area contributed by atoms with Gasteiger partial charge < -0.3 is 4.74 Å². The van der Waals surface area contributed by atoms with Gasteiger partial charge in [0, 0.05) is 0 Å². The van der Waals surface area contributed by atoms with Gasteiger partial charge in [0.1, 0.15) is 5.75 Å². The lowest BCUT2D eigenvalue weighted by atomic mass is 9.75. The molecule has 1 aliphatic carbocycles. The first-order valence-corrected chi connectivity index (χ1v) is 12.2. The van der Waals surface area contributed by atoms with Crippen molar-refractivity contribution in [1.29, 1.82) is 0 Å². The third kappa shape index (κ3) is 8.02. The maximum Gasteiger partial charge on any atom is 0.119 e. The highest BCUT2D eigenvalue weighted by molar-refractivity contribution is 5.31. The Bertz CT molecular complexity index is 542. The van der Waals surface area contributed by atoms with E-state index in [1.165, 1.54) is 82.6 Å². The molecule has 28 heavy (non-hydrogen) atoms. The van der Waals surface area contributed by atoms with E-state index in [0.29, 0.717) is 5.92 Å². The molecule has 0 saturated carbocycles. The topological polar surface area (TPSA) is 9.23 Å². The first kappa shape index (κ1) is 23.0. The molecule has 158 valence electrons. The van der Waals surface area contributed by atoms with E-state index in [1.807, 2.05) is 0 Å². The van der Waals surface area contributed by atoms with Gasteiger partial charge in [-0.15, -0.1) is 0 Å². The van der Waals surface area contributed by atoms with Crippen LogP contribution in [0.5, 0.6) is 5.75 Å². The summed E-state index contributed by atoms with van der Waals surface area (Å²) < 4.78 is 5.91. The molecule has 1 aromatic carbocycles. The number of benzene rings is 1. The lowest BCUT2D eigenvalue weighted by molar-refractivity contribution is 0.308. The molecular formula is C27H44O. The van der Waals surface area contributed by atoms with Crippen molar-refractivity contribution in [3.8, 4) is 5.75 Å². The molecule has 1 aromatic rings. The van der Waals surface area contributed by atoms with Crippen molar-refractivity contribution in [2.75, 3.05) is 6.61 Å². The Morgan fingerprint density at radius 3 is 2.29 bits per heavy atom. The Hall–Kier alpha value is -1.24. The lowest BCUT2D eigenvalue weighted by Crippen LogP contribution is -2.15. The van der Waals surface area contributed by atoms with Gasteiger partial charge in [0.2, 0.25) is 0 Å². The fourth-order valence-electron chi connectivity index (χ4n) is 4.65. The summed E-state index contributed by atoms with van der Waals surface area (Å²) in [5.41, 5.74) is 3.25. The minimum Gasteiger partial charge on any atom is -0.494 e. The second-order valence-corrected chi connectivity index (χ2v) is 8.73. The number of hydrogen-bond donors (Lipinski definition) is 0. The maximum absolute atomic E-state index is 5.91. The lowest BCUT2D eigenvalue weighted by Gasteiger charge is -2.30. The highest BCUT2D eigenvalue weighted by atomic mass is 16.5. The van der Waals surface area contributed by atoms with E-state index in [-0.39, 0.29) is 0 Å². The average molecular weight is 385 g/mol. The van der Waals surface area contributed by atoms with Crippen LogP contribution >= 0.6 is 0 Å². The number of ether oxygens (including phenoxy) is 1. The van der Waals surface area contributed by atoms with E-state index >= 15 is 0 Å². The van der Waals surface area contributed by atoms with E-state index in [1.54, 1.807) is 5.57 Å². The number of allylic oxidation sites excluding steroid dienone is 2. The molecule has 0 spiro atoms. The van der Waals surface area contributed by atoms with Gasteiger partial charge in [-0.1, -0.05) is 83.1 Å². The van der Waals surface area contributed by atoms with Crippen molar-refractivity contribution in [1.82, 2.24) is 0 Å². The Morgan fingerprint density at radius 1 is 0.857 bits per heavy atom. The van der Waals surface area contributed by atoms with Crippen LogP contribution < -0.4 is 4.74 Å². The van der Waals surface area contributed by atoms with Crippen LogP contribution in [0.15, 0.2) is 35.9 Å². The SMILES string of the molecule is CCCCCC(CCC)C(CC1=CCCCC1)c1ccc(OCCCC)cc1. The fourth-order valence-corrected chi connectivity index (χ4v) is 4.65. The molecule has 0 heterocycles. The molecule has 0 saturated heterocycles. The average Bonchev–Trinajstić information content (AvgIpc) is 2.73. The minimum atomic E-state index is 0.672. The van der Waals surface area contributed by atoms with Crippen molar-refractivity contribution in [2.24, 2.45) is 5.92 Å². The largest absolute Gasteiger partial charge is 0.494 e. The summed E-state index contributed by atoms with van der Waals surface area (Å²) in [5.74, 6) is 2.52. The molecule has 2 unspecified atom stereocenters. The fraction of sp³-hybridized carbons (Fsp3) is 0.704. The summed E-state index contributed by atoms with van der Waals surface area (Å²) in [6, 6.07) is 9.14. The quantitative estimate of drug-likeness (QED) is 0.230. The van der Waals surface area contributed by atoms with Gasteiger partial charge in [-0.2, -0.15) is 0 Å². The van der Waals surface area contributed by atoms with Crippen LogP contribution in [0.2, 0.25) is 0 Å². The molecule has 0 amide bonds. The van der Waals surface area contributed by atoms with E-state index in [0.717, 1.165) is 24.7 Å². The molecule has 2 atom stereocenters. The molecule has 0 N–H and O–H groups in total. The normalized spacial score (nSPS) is 16.5. The third-order valence-electron chi connectivity index (χ3n) is 6.35. The summed E-state index contributed by atoms with van der Waals surface area (Å²) in [5, 5.41) is 0. The Labute approximate surface area is 175 Å². The zero-order chi connectivity index (χ0) is 20.0. The van der Waals surface area contributed by atoms with Gasteiger partial charge >= 0.3 is 0 Å². The van der Waals surface area contributed by atoms with E-state index in [2.05, 4.69) is 51.1 Å². The maximum atomic E-state index is 5.91. The van der Waals surface area contributed by atoms with Gasteiger partial charge in [0.15, 0.2) is 0 Å². The van der Waals surface area contributed by atoms with Gasteiger partial charge in [-0.3, -0.25) is 0 Å². The van der Waals surface area contributed by atoms with Crippen LogP contribution in [0.4, 0.5) is 0 Å². The third-order valence-corrected chi connectivity index (χ3v) is 6.35. The van der Waals surface area contributed by atoms with Crippen LogP contribution in [0.1, 0.15) is 116 Å². The number of unbranched alkanes of at least 4 members (excludes halogenated alkanes) is 3. The monoisotopic (exact) mass is 384 g/mol. The van der Waals surface area contributed by atoms with Crippen LogP contribution in [-0.2, 0) is 0 Å². The summed E-state index contributed by atoms with van der Waals surface area (Å²) in [4.78, 5) is 0. The molecule has 0 aromatic heterocycles. The van der Waals surface area contributed by atoms with Crippen LogP contribution in [0.25, 0.3) is 0 Å². The van der Waals surface area contributed by atoms with Crippen LogP contribution in [0.3, 0.4) is 0 Å². The number of rotatable bonds is 14. The van der Waals surface area contributed by atoms with Crippen molar-refractivity contribution in [3.05, 3.63) is 41.5 Å². The van der Waals surface area contributed by atoms with Crippen molar-refractivity contribution >= 4 is 0 Å². The molecule has 0 bridgehead atoms. The Morgan fingerprint density at radius 2 is 1.64 bits per heavy atom. The van der Waals surface area contributed by atoms with Crippen LogP contribution in [0, 0.1) is 5.92 Å². The summed E-state index contributed by atoms with van der Waals surface area (Å²) >= 11 is 0. The highest BCUT2D eigenvalue weighted by Crippen LogP contribution is 2.39. The van der Waals surface area contributed by atoms with Gasteiger partial charge in [0.25, 0.3) is 0 Å².